The Balaban J connectivity index is 2.09. The Morgan fingerprint density at radius 1 is 1.21 bits per heavy atom. The number of aryl methyl sites for hydroxylation is 1. The second kappa shape index (κ2) is 6.19. The van der Waals surface area contributed by atoms with E-state index in [1.54, 1.807) is 6.92 Å². The molecule has 108 valence electrons. The number of nitrogens with zero attached hydrogens (tertiary/aromatic N) is 1. The third-order valence-corrected chi connectivity index (χ3v) is 6.56. The highest BCUT2D eigenvalue weighted by molar-refractivity contribution is 7.91. The molecule has 1 aliphatic rings. The topological polar surface area (TPSA) is 85.1 Å². The number of hydrogen-bond donors (Lipinski definition) is 2. The molecule has 0 bridgehead atoms. The Morgan fingerprint density at radius 3 is 2.32 bits per heavy atom. The summed E-state index contributed by atoms with van der Waals surface area (Å²) < 4.78 is 27.8. The van der Waals surface area contributed by atoms with Gasteiger partial charge in [-0.05, 0) is 19.8 Å². The highest BCUT2D eigenvalue weighted by Gasteiger charge is 2.25. The van der Waals surface area contributed by atoms with Crippen LogP contribution in [0.25, 0.3) is 0 Å². The van der Waals surface area contributed by atoms with Crippen LogP contribution in [0.2, 0.25) is 0 Å². The smallest absolute Gasteiger partial charge is 0.252 e. The molecule has 0 aromatic carbocycles. The van der Waals surface area contributed by atoms with Gasteiger partial charge >= 0.3 is 0 Å². The molecule has 0 unspecified atom stereocenters. The molecular weight excluding hydrogens is 282 g/mol. The van der Waals surface area contributed by atoms with E-state index < -0.39 is 10.0 Å². The third kappa shape index (κ3) is 3.90. The van der Waals surface area contributed by atoms with E-state index in [2.05, 4.69) is 9.71 Å². The molecule has 19 heavy (non-hydrogen) atoms. The number of thiazole rings is 1. The molecule has 5 nitrogen and oxygen atoms in total. The van der Waals surface area contributed by atoms with Gasteiger partial charge in [-0.3, -0.25) is 0 Å². The van der Waals surface area contributed by atoms with E-state index in [0.29, 0.717) is 10.8 Å². The summed E-state index contributed by atoms with van der Waals surface area (Å²) in [6, 6.07) is 0.0491. The van der Waals surface area contributed by atoms with E-state index in [4.69, 9.17) is 5.73 Å². The van der Waals surface area contributed by atoms with E-state index in [0.717, 1.165) is 37.0 Å². The molecule has 0 radical (unpaired) electrons. The number of nitrogens with one attached hydrogen (secondary N) is 1. The Morgan fingerprint density at radius 2 is 1.79 bits per heavy atom. The minimum atomic E-state index is -3.47. The monoisotopic (exact) mass is 303 g/mol. The van der Waals surface area contributed by atoms with Gasteiger partial charge in [0.05, 0.1) is 5.69 Å². The Hall–Kier alpha value is -0.660. The van der Waals surface area contributed by atoms with Gasteiger partial charge in [0.1, 0.15) is 0 Å². The van der Waals surface area contributed by atoms with E-state index >= 15 is 0 Å². The van der Waals surface area contributed by atoms with Crippen molar-refractivity contribution in [3.8, 4) is 0 Å². The van der Waals surface area contributed by atoms with Gasteiger partial charge in [-0.1, -0.05) is 43.4 Å². The lowest BCUT2D eigenvalue weighted by molar-refractivity contribution is 0.426. The maximum absolute atomic E-state index is 12.3. The van der Waals surface area contributed by atoms with Crippen LogP contribution in [0.4, 0.5) is 5.13 Å². The molecular formula is C12H21N3O2S2. The molecule has 0 spiro atoms. The predicted molar refractivity (Wildman–Crippen MR) is 77.7 cm³/mol. The average molecular weight is 303 g/mol. The highest BCUT2D eigenvalue weighted by Crippen LogP contribution is 2.26. The molecule has 0 aliphatic heterocycles. The van der Waals surface area contributed by atoms with Gasteiger partial charge in [0, 0.05) is 6.04 Å². The van der Waals surface area contributed by atoms with Crippen LogP contribution in [-0.4, -0.2) is 19.4 Å². The fourth-order valence-electron chi connectivity index (χ4n) is 2.50. The van der Waals surface area contributed by atoms with Crippen molar-refractivity contribution >= 4 is 26.5 Å². The van der Waals surface area contributed by atoms with Crippen molar-refractivity contribution in [2.45, 2.75) is 62.1 Å². The van der Waals surface area contributed by atoms with Crippen LogP contribution in [0.3, 0.4) is 0 Å². The molecule has 1 heterocycles. The number of nitrogen functional groups attached to an aromatic ring is 1. The van der Waals surface area contributed by atoms with Crippen molar-refractivity contribution in [1.82, 2.24) is 9.71 Å². The maximum Gasteiger partial charge on any atom is 0.252 e. The zero-order valence-electron chi connectivity index (χ0n) is 11.2. The van der Waals surface area contributed by atoms with Crippen molar-refractivity contribution in [1.29, 1.82) is 0 Å². The molecule has 1 aromatic rings. The van der Waals surface area contributed by atoms with E-state index in [1.807, 2.05) is 0 Å². The minimum Gasteiger partial charge on any atom is -0.375 e. The molecule has 7 heteroatoms. The Bertz CT molecular complexity index is 517. The fraction of sp³-hybridized carbons (Fsp3) is 0.750. The lowest BCUT2D eigenvalue weighted by Crippen LogP contribution is -2.35. The van der Waals surface area contributed by atoms with Crippen molar-refractivity contribution in [3.63, 3.8) is 0 Å². The summed E-state index contributed by atoms with van der Waals surface area (Å²) in [6.45, 7) is 1.68. The van der Waals surface area contributed by atoms with Gasteiger partial charge in [-0.2, -0.15) is 0 Å². The Labute approximate surface area is 118 Å². The Kier molecular flexibility index (Phi) is 4.81. The molecule has 1 fully saturated rings. The standard InChI is InChI=1S/C12H21N3O2S2/c1-9-11(18-12(13)14-9)19(16,17)15-10-7-5-3-2-4-6-8-10/h10,15H,2-8H2,1H3,(H2,13,14). The van der Waals surface area contributed by atoms with Crippen LogP contribution in [-0.2, 0) is 10.0 Å². The molecule has 0 atom stereocenters. The number of aromatic nitrogens is 1. The largest absolute Gasteiger partial charge is 0.375 e. The van der Waals surface area contributed by atoms with Crippen LogP contribution >= 0.6 is 11.3 Å². The van der Waals surface area contributed by atoms with Crippen molar-refractivity contribution in [2.24, 2.45) is 0 Å². The summed E-state index contributed by atoms with van der Waals surface area (Å²) in [5.41, 5.74) is 6.06. The van der Waals surface area contributed by atoms with Crippen molar-refractivity contribution in [3.05, 3.63) is 5.69 Å². The van der Waals surface area contributed by atoms with E-state index in [-0.39, 0.29) is 10.3 Å². The van der Waals surface area contributed by atoms with E-state index in [9.17, 15) is 8.42 Å². The van der Waals surface area contributed by atoms with E-state index in [1.165, 1.54) is 19.3 Å². The van der Waals surface area contributed by atoms with Gasteiger partial charge in [-0.15, -0.1) is 0 Å². The van der Waals surface area contributed by atoms with Crippen molar-refractivity contribution in [2.75, 3.05) is 5.73 Å². The summed E-state index contributed by atoms with van der Waals surface area (Å²) in [5.74, 6) is 0. The first kappa shape index (κ1) is 14.7. The normalized spacial score (nSPS) is 19.0. The summed E-state index contributed by atoms with van der Waals surface area (Å²) in [6.07, 6.45) is 7.70. The molecule has 1 saturated carbocycles. The van der Waals surface area contributed by atoms with Gasteiger partial charge in [-0.25, -0.2) is 18.1 Å². The highest BCUT2D eigenvalue weighted by atomic mass is 32.2. The molecule has 3 N–H and O–H groups in total. The third-order valence-electron chi connectivity index (χ3n) is 3.44. The van der Waals surface area contributed by atoms with Crippen LogP contribution in [0.15, 0.2) is 4.21 Å². The zero-order valence-corrected chi connectivity index (χ0v) is 12.8. The molecule has 0 amide bonds. The van der Waals surface area contributed by atoms with Crippen LogP contribution in [0.1, 0.15) is 50.6 Å². The SMILES string of the molecule is Cc1nc(N)sc1S(=O)(=O)NC1CCCCCCC1. The second-order valence-electron chi connectivity index (χ2n) is 5.09. The van der Waals surface area contributed by atoms with Crippen LogP contribution < -0.4 is 10.5 Å². The zero-order chi connectivity index (χ0) is 13.9. The first-order chi connectivity index (χ1) is 8.99. The molecule has 2 rings (SSSR count). The molecule has 1 aliphatic carbocycles. The maximum atomic E-state index is 12.3. The number of anilines is 1. The summed E-state index contributed by atoms with van der Waals surface area (Å²) >= 11 is 1.04. The quantitative estimate of drug-likeness (QED) is 0.898. The summed E-state index contributed by atoms with van der Waals surface area (Å²) in [7, 11) is -3.47. The minimum absolute atomic E-state index is 0.0491. The second-order valence-corrected chi connectivity index (χ2v) is 8.03. The average Bonchev–Trinajstić information content (AvgIpc) is 2.62. The summed E-state index contributed by atoms with van der Waals surface area (Å²) in [4.78, 5) is 3.98. The summed E-state index contributed by atoms with van der Waals surface area (Å²) in [5, 5.41) is 0.301. The fourth-order valence-corrected chi connectivity index (χ4v) is 5.12. The molecule has 1 aromatic heterocycles. The van der Waals surface area contributed by atoms with Gasteiger partial charge in [0.25, 0.3) is 10.0 Å². The number of nitrogens with two attached hydrogens (primary N) is 1. The number of hydrogen-bond acceptors (Lipinski definition) is 5. The lowest BCUT2D eigenvalue weighted by atomic mass is 9.97. The number of rotatable bonds is 3. The van der Waals surface area contributed by atoms with Gasteiger partial charge < -0.3 is 5.73 Å². The lowest BCUT2D eigenvalue weighted by Gasteiger charge is -2.20. The first-order valence-corrected chi connectivity index (χ1v) is 9.04. The predicted octanol–water partition coefficient (Wildman–Crippen LogP) is 2.42. The number of sulfonamides is 1. The van der Waals surface area contributed by atoms with Gasteiger partial charge in [0.2, 0.25) is 0 Å². The van der Waals surface area contributed by atoms with Gasteiger partial charge in [0.15, 0.2) is 9.34 Å². The van der Waals surface area contributed by atoms with Crippen LogP contribution in [0, 0.1) is 6.92 Å². The molecule has 0 saturated heterocycles. The van der Waals surface area contributed by atoms with Crippen LogP contribution in [0.5, 0.6) is 0 Å². The van der Waals surface area contributed by atoms with Crippen molar-refractivity contribution < 1.29 is 8.42 Å². The first-order valence-electron chi connectivity index (χ1n) is 6.74.